The van der Waals surface area contributed by atoms with Crippen molar-refractivity contribution in [2.24, 2.45) is 0 Å². The maximum Gasteiger partial charge on any atom is 0.0621 e. The van der Waals surface area contributed by atoms with Gasteiger partial charge < -0.3 is 0 Å². The van der Waals surface area contributed by atoms with E-state index in [1.54, 1.807) is 0 Å². The molecule has 0 aliphatic carbocycles. The third-order valence-electron chi connectivity index (χ3n) is 1.30. The van der Waals surface area contributed by atoms with E-state index in [9.17, 15) is 0 Å². The number of unbranched alkanes of at least 4 members (excludes halogenated alkanes) is 3. The normalized spacial score (nSPS) is 8.50. The summed E-state index contributed by atoms with van der Waals surface area (Å²) in [6.45, 7) is 4.20. The van der Waals surface area contributed by atoms with Gasteiger partial charge in [-0.2, -0.15) is 5.26 Å². The van der Waals surface area contributed by atoms with E-state index in [2.05, 4.69) is 26.0 Å². The molecule has 0 saturated carbocycles. The molecule has 0 radical (unpaired) electrons. The molecule has 0 atom stereocenters. The van der Waals surface area contributed by atoms with Crippen LogP contribution in [0.3, 0.4) is 0 Å². The van der Waals surface area contributed by atoms with E-state index in [4.69, 9.17) is 5.26 Å². The highest BCUT2D eigenvalue weighted by molar-refractivity contribution is 4.92. The zero-order chi connectivity index (χ0) is 7.82. The van der Waals surface area contributed by atoms with Crippen molar-refractivity contribution in [3.63, 3.8) is 0 Å². The molecule has 56 valence electrons. The highest BCUT2D eigenvalue weighted by Gasteiger charge is 1.84. The smallest absolute Gasteiger partial charge is 0.0621 e. The molecule has 0 aromatic rings. The summed E-state index contributed by atoms with van der Waals surface area (Å²) in [6.07, 6.45) is 6.25. The van der Waals surface area contributed by atoms with Crippen LogP contribution in [0.15, 0.2) is 11.6 Å². The van der Waals surface area contributed by atoms with Crippen LogP contribution in [0.1, 0.15) is 39.5 Å². The molecule has 0 aliphatic heterocycles. The van der Waals surface area contributed by atoms with Crippen molar-refractivity contribution in [1.29, 1.82) is 5.26 Å². The fourth-order valence-corrected chi connectivity index (χ4v) is 0.739. The Morgan fingerprint density at radius 3 is 2.60 bits per heavy atom. The average Bonchev–Trinajstić information content (AvgIpc) is 1.87. The lowest BCUT2D eigenvalue weighted by atomic mass is 10.1. The van der Waals surface area contributed by atoms with E-state index in [0.717, 1.165) is 19.3 Å². The molecule has 0 aromatic heterocycles. The average molecular weight is 137 g/mol. The van der Waals surface area contributed by atoms with Gasteiger partial charge in [-0.3, -0.25) is 0 Å². The van der Waals surface area contributed by atoms with Crippen molar-refractivity contribution in [3.8, 4) is 6.07 Å². The Bertz CT molecular complexity index is 135. The molecule has 0 heterocycles. The minimum atomic E-state index is 0.705. The summed E-state index contributed by atoms with van der Waals surface area (Å²) in [6, 6.07) is 2.14. The Kier molecular flexibility index (Phi) is 5.86. The van der Waals surface area contributed by atoms with Gasteiger partial charge >= 0.3 is 0 Å². The summed E-state index contributed by atoms with van der Waals surface area (Å²) in [4.78, 5) is 0. The van der Waals surface area contributed by atoms with Crippen LogP contribution in [-0.4, -0.2) is 0 Å². The minimum Gasteiger partial charge on any atom is -0.198 e. The van der Waals surface area contributed by atoms with Crippen molar-refractivity contribution in [1.82, 2.24) is 0 Å². The monoisotopic (exact) mass is 137 g/mol. The van der Waals surface area contributed by atoms with E-state index in [1.165, 1.54) is 5.57 Å². The SMILES string of the molecule is CC(C)=CCCCCC#N. The Hall–Kier alpha value is -0.770. The van der Waals surface area contributed by atoms with Gasteiger partial charge in [-0.1, -0.05) is 11.6 Å². The molecule has 0 amide bonds. The number of nitrogens with zero attached hydrogens (tertiary/aromatic N) is 1. The van der Waals surface area contributed by atoms with Crippen LogP contribution in [0.5, 0.6) is 0 Å². The van der Waals surface area contributed by atoms with Gasteiger partial charge in [0.05, 0.1) is 6.07 Å². The van der Waals surface area contributed by atoms with Gasteiger partial charge in [-0.15, -0.1) is 0 Å². The number of hydrogen-bond acceptors (Lipinski definition) is 1. The summed E-state index contributed by atoms with van der Waals surface area (Å²) >= 11 is 0. The molecule has 0 saturated heterocycles. The Labute approximate surface area is 63.4 Å². The van der Waals surface area contributed by atoms with E-state index in [0.29, 0.717) is 6.42 Å². The first kappa shape index (κ1) is 9.23. The van der Waals surface area contributed by atoms with E-state index in [-0.39, 0.29) is 0 Å². The van der Waals surface area contributed by atoms with Crippen molar-refractivity contribution in [2.75, 3.05) is 0 Å². The van der Waals surface area contributed by atoms with Crippen LogP contribution in [0.25, 0.3) is 0 Å². The van der Waals surface area contributed by atoms with E-state index in [1.807, 2.05) is 0 Å². The van der Waals surface area contributed by atoms with Gasteiger partial charge in [-0.25, -0.2) is 0 Å². The van der Waals surface area contributed by atoms with Crippen LogP contribution in [-0.2, 0) is 0 Å². The van der Waals surface area contributed by atoms with Gasteiger partial charge in [0.15, 0.2) is 0 Å². The lowest BCUT2D eigenvalue weighted by Gasteiger charge is -1.91. The van der Waals surface area contributed by atoms with Gasteiger partial charge in [0.2, 0.25) is 0 Å². The number of hydrogen-bond donors (Lipinski definition) is 0. The third-order valence-corrected chi connectivity index (χ3v) is 1.30. The van der Waals surface area contributed by atoms with Crippen molar-refractivity contribution in [3.05, 3.63) is 11.6 Å². The molecule has 0 unspecified atom stereocenters. The second kappa shape index (κ2) is 6.35. The molecule has 0 fully saturated rings. The molecule has 0 bridgehead atoms. The highest BCUT2D eigenvalue weighted by atomic mass is 14.2. The fraction of sp³-hybridized carbons (Fsp3) is 0.667. The molecular weight excluding hydrogens is 122 g/mol. The summed E-state index contributed by atoms with van der Waals surface area (Å²) in [5, 5.41) is 8.21. The van der Waals surface area contributed by atoms with Crippen LogP contribution in [0, 0.1) is 11.3 Å². The van der Waals surface area contributed by atoms with Crippen molar-refractivity contribution < 1.29 is 0 Å². The molecule has 10 heavy (non-hydrogen) atoms. The lowest BCUT2D eigenvalue weighted by molar-refractivity contribution is 0.765. The molecule has 0 spiro atoms. The lowest BCUT2D eigenvalue weighted by Crippen LogP contribution is -1.73. The van der Waals surface area contributed by atoms with Gasteiger partial charge in [0.25, 0.3) is 0 Å². The topological polar surface area (TPSA) is 23.8 Å². The molecule has 0 aromatic carbocycles. The standard InChI is InChI=1S/C9H15N/c1-9(2)7-5-3-4-6-8-10/h7H,3-6H2,1-2H3. The van der Waals surface area contributed by atoms with Gasteiger partial charge in [-0.05, 0) is 33.1 Å². The molecule has 0 rings (SSSR count). The molecule has 1 nitrogen and oxygen atoms in total. The summed E-state index contributed by atoms with van der Waals surface area (Å²) in [7, 11) is 0. The molecular formula is C9H15N. The maximum absolute atomic E-state index is 8.21. The Morgan fingerprint density at radius 2 is 2.10 bits per heavy atom. The summed E-state index contributed by atoms with van der Waals surface area (Å²) in [5.74, 6) is 0. The first-order chi connectivity index (χ1) is 4.77. The summed E-state index contributed by atoms with van der Waals surface area (Å²) < 4.78 is 0. The number of nitriles is 1. The van der Waals surface area contributed by atoms with E-state index >= 15 is 0 Å². The number of allylic oxidation sites excluding steroid dienone is 2. The Balaban J connectivity index is 3.07. The van der Waals surface area contributed by atoms with Crippen LogP contribution < -0.4 is 0 Å². The zero-order valence-electron chi connectivity index (χ0n) is 6.85. The molecule has 0 aliphatic rings. The van der Waals surface area contributed by atoms with Gasteiger partial charge in [0.1, 0.15) is 0 Å². The Morgan fingerprint density at radius 1 is 1.40 bits per heavy atom. The van der Waals surface area contributed by atoms with Crippen molar-refractivity contribution >= 4 is 0 Å². The predicted octanol–water partition coefficient (Wildman–Crippen LogP) is 3.04. The van der Waals surface area contributed by atoms with Crippen LogP contribution in [0.2, 0.25) is 0 Å². The largest absolute Gasteiger partial charge is 0.198 e. The second-order valence-electron chi connectivity index (χ2n) is 2.69. The van der Waals surface area contributed by atoms with Gasteiger partial charge in [0, 0.05) is 6.42 Å². The zero-order valence-corrected chi connectivity index (χ0v) is 6.85. The van der Waals surface area contributed by atoms with Crippen molar-refractivity contribution in [2.45, 2.75) is 39.5 Å². The van der Waals surface area contributed by atoms with E-state index < -0.39 is 0 Å². The minimum absolute atomic E-state index is 0.705. The molecule has 0 N–H and O–H groups in total. The highest BCUT2D eigenvalue weighted by Crippen LogP contribution is 2.01. The first-order valence-corrected chi connectivity index (χ1v) is 3.77. The molecule has 1 heteroatoms. The predicted molar refractivity (Wildman–Crippen MR) is 43.5 cm³/mol. The number of rotatable bonds is 4. The first-order valence-electron chi connectivity index (χ1n) is 3.77. The third kappa shape index (κ3) is 7.23. The second-order valence-corrected chi connectivity index (χ2v) is 2.69. The maximum atomic E-state index is 8.21. The van der Waals surface area contributed by atoms with Crippen LogP contribution in [0.4, 0.5) is 0 Å². The van der Waals surface area contributed by atoms with Crippen LogP contribution >= 0.6 is 0 Å². The summed E-state index contributed by atoms with van der Waals surface area (Å²) in [5.41, 5.74) is 1.37. The fourth-order valence-electron chi connectivity index (χ4n) is 0.739. The quantitative estimate of drug-likeness (QED) is 0.431.